The Balaban J connectivity index is 1.53. The van der Waals surface area contributed by atoms with Crippen molar-refractivity contribution < 1.29 is 4.39 Å². The topological polar surface area (TPSA) is 63.3 Å². The number of nitrogens with two attached hydrogens (primary N) is 1. The van der Waals surface area contributed by atoms with Gasteiger partial charge in [-0.3, -0.25) is 4.79 Å². The Labute approximate surface area is 188 Å². The van der Waals surface area contributed by atoms with Crippen LogP contribution in [0.15, 0.2) is 53.6 Å². The summed E-state index contributed by atoms with van der Waals surface area (Å²) in [5.41, 5.74) is 8.83. The maximum atomic E-state index is 13.7. The van der Waals surface area contributed by atoms with E-state index in [2.05, 4.69) is 22.9 Å². The fourth-order valence-electron chi connectivity index (χ4n) is 3.80. The van der Waals surface area contributed by atoms with E-state index in [1.807, 2.05) is 19.1 Å². The Morgan fingerprint density at radius 1 is 1.29 bits per heavy atom. The summed E-state index contributed by atoms with van der Waals surface area (Å²) in [5.74, 6) is -0.521. The molecule has 1 saturated heterocycles. The molecular weight excluding hydrogens is 415 g/mol. The van der Waals surface area contributed by atoms with Crippen molar-refractivity contribution in [1.29, 1.82) is 0 Å². The first kappa shape index (κ1) is 23.3. The van der Waals surface area contributed by atoms with Gasteiger partial charge < -0.3 is 20.5 Å². The van der Waals surface area contributed by atoms with Crippen molar-refractivity contribution >= 4 is 23.4 Å². The Morgan fingerprint density at radius 2 is 2.03 bits per heavy atom. The van der Waals surface area contributed by atoms with E-state index in [0.717, 1.165) is 49.1 Å². The predicted octanol–water partition coefficient (Wildman–Crippen LogP) is 4.14. The molecule has 1 aromatic heterocycles. The number of pyridine rings is 1. The molecule has 0 aliphatic carbocycles. The minimum atomic E-state index is -0.521. The average molecular weight is 445 g/mol. The second-order valence-electron chi connectivity index (χ2n) is 7.98. The molecule has 1 aromatic carbocycles. The number of aryl methyl sites for hydroxylation is 1. The van der Waals surface area contributed by atoms with Crippen LogP contribution in [-0.2, 0) is 13.1 Å². The highest BCUT2D eigenvalue weighted by molar-refractivity contribution is 6.31. The van der Waals surface area contributed by atoms with Crippen LogP contribution in [0.1, 0.15) is 29.7 Å². The summed E-state index contributed by atoms with van der Waals surface area (Å²) >= 11 is 6.21. The van der Waals surface area contributed by atoms with Gasteiger partial charge in [0.1, 0.15) is 5.83 Å². The number of anilines is 1. The third-order valence-corrected chi connectivity index (χ3v) is 6.19. The third kappa shape index (κ3) is 6.29. The van der Waals surface area contributed by atoms with Gasteiger partial charge in [-0.2, -0.15) is 0 Å². The monoisotopic (exact) mass is 444 g/mol. The molecule has 0 unspecified atom stereocenters. The molecule has 0 atom stereocenters. The highest BCUT2D eigenvalue weighted by atomic mass is 35.5. The Kier molecular flexibility index (Phi) is 8.07. The van der Waals surface area contributed by atoms with Crippen molar-refractivity contribution in [1.82, 2.24) is 14.8 Å². The summed E-state index contributed by atoms with van der Waals surface area (Å²) in [6, 6.07) is 9.56. The number of likely N-dealkylation sites (tertiary alicyclic amines) is 1. The van der Waals surface area contributed by atoms with Gasteiger partial charge >= 0.3 is 0 Å². The molecule has 31 heavy (non-hydrogen) atoms. The number of hydrogen-bond acceptors (Lipinski definition) is 4. The number of aromatic nitrogens is 1. The maximum Gasteiger partial charge on any atom is 0.251 e. The summed E-state index contributed by atoms with van der Waals surface area (Å²) in [4.78, 5) is 14.7. The van der Waals surface area contributed by atoms with Crippen LogP contribution in [0, 0.1) is 6.92 Å². The molecule has 0 amide bonds. The van der Waals surface area contributed by atoms with Gasteiger partial charge in [-0.05, 0) is 68.3 Å². The first-order valence-electron chi connectivity index (χ1n) is 10.6. The van der Waals surface area contributed by atoms with Gasteiger partial charge in [0.15, 0.2) is 0 Å². The second kappa shape index (κ2) is 10.8. The minimum absolute atomic E-state index is 0.189. The van der Waals surface area contributed by atoms with E-state index >= 15 is 0 Å². The lowest BCUT2D eigenvalue weighted by molar-refractivity contribution is 0.190. The lowest BCUT2D eigenvalue weighted by Gasteiger charge is -2.32. The van der Waals surface area contributed by atoms with Crippen molar-refractivity contribution in [3.05, 3.63) is 81.0 Å². The zero-order valence-electron chi connectivity index (χ0n) is 17.9. The first-order valence-corrected chi connectivity index (χ1v) is 10.9. The van der Waals surface area contributed by atoms with Crippen molar-refractivity contribution in [2.24, 2.45) is 0 Å². The largest absolute Gasteiger partial charge is 0.397 e. The predicted molar refractivity (Wildman–Crippen MR) is 127 cm³/mol. The number of halogens is 2. The molecule has 1 fully saturated rings. The van der Waals surface area contributed by atoms with Gasteiger partial charge in [-0.15, -0.1) is 0 Å². The van der Waals surface area contributed by atoms with E-state index in [1.165, 1.54) is 28.3 Å². The number of benzene rings is 1. The molecule has 3 N–H and O–H groups in total. The summed E-state index contributed by atoms with van der Waals surface area (Å²) in [6.07, 6.45) is 4.42. The van der Waals surface area contributed by atoms with Crippen LogP contribution in [0.2, 0.25) is 5.02 Å². The van der Waals surface area contributed by atoms with Crippen LogP contribution < -0.4 is 16.6 Å². The third-order valence-electron chi connectivity index (χ3n) is 5.79. The van der Waals surface area contributed by atoms with Crippen molar-refractivity contribution in [2.75, 3.05) is 25.4 Å². The van der Waals surface area contributed by atoms with Crippen LogP contribution in [0.4, 0.5) is 10.1 Å². The number of nitrogens with zero attached hydrogens (tertiary/aromatic N) is 2. The number of nitrogens with one attached hydrogen (secondary N) is 1. The fourth-order valence-corrected chi connectivity index (χ4v) is 4.01. The highest BCUT2D eigenvalue weighted by Gasteiger charge is 2.19. The Hall–Kier alpha value is -2.41. The molecule has 5 nitrogen and oxygen atoms in total. The number of allylic oxidation sites excluding steroid dienone is 2. The molecule has 166 valence electrons. The zero-order valence-corrected chi connectivity index (χ0v) is 18.7. The summed E-state index contributed by atoms with van der Waals surface area (Å²) in [5, 5.41) is 4.42. The highest BCUT2D eigenvalue weighted by Crippen LogP contribution is 2.18. The van der Waals surface area contributed by atoms with E-state index in [9.17, 15) is 9.18 Å². The fraction of sp³-hybridized carbons (Fsp3) is 0.375. The van der Waals surface area contributed by atoms with Crippen LogP contribution in [0.3, 0.4) is 0 Å². The van der Waals surface area contributed by atoms with E-state index in [0.29, 0.717) is 30.5 Å². The quantitative estimate of drug-likeness (QED) is 0.600. The number of piperidine rings is 1. The Bertz CT molecular complexity index is 1010. The molecule has 2 heterocycles. The number of hydrogen-bond donors (Lipinski definition) is 2. The number of nitrogen functional groups attached to an aromatic ring is 1. The molecule has 7 heteroatoms. The van der Waals surface area contributed by atoms with Crippen LogP contribution in [0.5, 0.6) is 0 Å². The molecule has 1 aliphatic rings. The standard InChI is InChI=1S/C24H30ClFN4O/c1-3-19(26)15-23-22(27)6-7-24(31)30(23)13-12-29-10-8-20(9-11-29)28-16-18-5-4-17(2)21(25)14-18/h3-7,14-15,20,28H,1,8-13,16,27H2,2H3/b19-15+. The maximum absolute atomic E-state index is 13.7. The van der Waals surface area contributed by atoms with E-state index in [1.54, 1.807) is 0 Å². The van der Waals surface area contributed by atoms with Crippen molar-refractivity contribution in [3.63, 3.8) is 0 Å². The number of rotatable bonds is 8. The van der Waals surface area contributed by atoms with Crippen molar-refractivity contribution in [3.8, 4) is 0 Å². The summed E-state index contributed by atoms with van der Waals surface area (Å²) < 4.78 is 15.3. The zero-order chi connectivity index (χ0) is 22.4. The second-order valence-corrected chi connectivity index (χ2v) is 8.38. The molecule has 0 saturated carbocycles. The van der Waals surface area contributed by atoms with Gasteiger partial charge in [0, 0.05) is 36.8 Å². The smallest absolute Gasteiger partial charge is 0.251 e. The Morgan fingerprint density at radius 3 is 2.71 bits per heavy atom. The lowest BCUT2D eigenvalue weighted by atomic mass is 10.0. The molecule has 3 rings (SSSR count). The van der Waals surface area contributed by atoms with Gasteiger partial charge in [0.25, 0.3) is 5.56 Å². The van der Waals surface area contributed by atoms with E-state index in [4.69, 9.17) is 17.3 Å². The molecule has 1 aliphatic heterocycles. The van der Waals surface area contributed by atoms with E-state index < -0.39 is 5.83 Å². The van der Waals surface area contributed by atoms with Crippen LogP contribution in [-0.4, -0.2) is 35.1 Å². The van der Waals surface area contributed by atoms with Gasteiger partial charge in [0.2, 0.25) is 0 Å². The normalized spacial score (nSPS) is 15.9. The van der Waals surface area contributed by atoms with Gasteiger partial charge in [0.05, 0.1) is 11.4 Å². The SMILES string of the molecule is C=C/C(F)=C\c1c(N)ccc(=O)n1CCN1CCC(NCc2ccc(C)c(Cl)c2)CC1. The molecule has 0 radical (unpaired) electrons. The lowest BCUT2D eigenvalue weighted by Crippen LogP contribution is -2.43. The average Bonchev–Trinajstić information content (AvgIpc) is 2.77. The van der Waals surface area contributed by atoms with Crippen LogP contribution in [0.25, 0.3) is 6.08 Å². The molecule has 0 spiro atoms. The van der Waals surface area contributed by atoms with Crippen LogP contribution >= 0.6 is 11.6 Å². The van der Waals surface area contributed by atoms with E-state index in [-0.39, 0.29) is 5.56 Å². The van der Waals surface area contributed by atoms with Crippen molar-refractivity contribution in [2.45, 2.75) is 38.9 Å². The summed E-state index contributed by atoms with van der Waals surface area (Å²) in [6.45, 7) is 9.26. The summed E-state index contributed by atoms with van der Waals surface area (Å²) in [7, 11) is 0. The van der Waals surface area contributed by atoms with Gasteiger partial charge in [-0.1, -0.05) is 30.3 Å². The molecule has 0 bridgehead atoms. The minimum Gasteiger partial charge on any atom is -0.397 e. The molecule has 2 aromatic rings. The first-order chi connectivity index (χ1) is 14.9. The molecular formula is C24H30ClFN4O. The van der Waals surface area contributed by atoms with Gasteiger partial charge in [-0.25, -0.2) is 4.39 Å².